The Bertz CT molecular complexity index is 1620. The maximum atomic E-state index is 13.5. The molecule has 1 aliphatic carbocycles. The number of aliphatic hydroxyl groups excluding tert-OH is 1. The zero-order chi connectivity index (χ0) is 26.1. The van der Waals surface area contributed by atoms with Crippen LogP contribution in [0, 0.1) is 5.92 Å². The summed E-state index contributed by atoms with van der Waals surface area (Å²) in [5, 5.41) is 14.1. The quantitative estimate of drug-likeness (QED) is 0.362. The van der Waals surface area contributed by atoms with Crippen molar-refractivity contribution in [3.63, 3.8) is 0 Å². The van der Waals surface area contributed by atoms with Crippen molar-refractivity contribution in [1.29, 1.82) is 0 Å². The maximum Gasteiger partial charge on any atom is 0.201 e. The molecule has 3 aliphatic rings. The summed E-state index contributed by atoms with van der Waals surface area (Å²) in [5.41, 5.74) is 5.92. The molecule has 0 spiro atoms. The minimum Gasteiger partial charge on any atom is -0.506 e. The van der Waals surface area contributed by atoms with Crippen molar-refractivity contribution in [1.82, 2.24) is 0 Å². The molecule has 0 radical (unpaired) electrons. The normalized spacial score (nSPS) is 20.9. The molecule has 0 saturated heterocycles. The number of anilines is 1. The van der Waals surface area contributed by atoms with Gasteiger partial charge in [-0.3, -0.25) is 9.79 Å². The third-order valence-electron chi connectivity index (χ3n) is 7.78. The second-order valence-corrected chi connectivity index (χ2v) is 11.4. The first-order chi connectivity index (χ1) is 17.7. The van der Waals surface area contributed by atoms with Gasteiger partial charge in [-0.15, -0.1) is 0 Å². The molecule has 3 aromatic carbocycles. The van der Waals surface area contributed by atoms with Crippen LogP contribution in [-0.4, -0.2) is 23.6 Å². The SMILES string of the molecule is CC(C)CCN1C(=CC2=C(O)C(=C3C=Nc4ccc(Cl)cc43)C2=O)C(C)(C)c2c1ccc1ccccc21. The molecule has 186 valence electrons. The Morgan fingerprint density at radius 1 is 1.11 bits per heavy atom. The lowest BCUT2D eigenvalue weighted by atomic mass is 9.78. The van der Waals surface area contributed by atoms with E-state index in [4.69, 9.17) is 11.6 Å². The second-order valence-electron chi connectivity index (χ2n) is 11.0. The summed E-state index contributed by atoms with van der Waals surface area (Å²) in [6, 6.07) is 18.2. The van der Waals surface area contributed by atoms with Crippen molar-refractivity contribution in [2.24, 2.45) is 10.9 Å². The van der Waals surface area contributed by atoms with Gasteiger partial charge in [0.1, 0.15) is 5.76 Å². The molecule has 1 N–H and O–H groups in total. The minimum absolute atomic E-state index is 0.0206. The minimum atomic E-state index is -0.349. The predicted molar refractivity (Wildman–Crippen MR) is 153 cm³/mol. The summed E-state index contributed by atoms with van der Waals surface area (Å²) in [6.07, 6.45) is 4.56. The van der Waals surface area contributed by atoms with Crippen LogP contribution < -0.4 is 4.90 Å². The molecule has 2 aliphatic heterocycles. The van der Waals surface area contributed by atoms with Crippen LogP contribution in [0.2, 0.25) is 5.02 Å². The Balaban J connectivity index is 1.49. The highest BCUT2D eigenvalue weighted by molar-refractivity contribution is 6.35. The van der Waals surface area contributed by atoms with Crippen LogP contribution in [0.5, 0.6) is 0 Å². The molecule has 0 saturated carbocycles. The van der Waals surface area contributed by atoms with Gasteiger partial charge in [0.25, 0.3) is 0 Å². The first kappa shape index (κ1) is 23.7. The van der Waals surface area contributed by atoms with E-state index < -0.39 is 0 Å². The third-order valence-corrected chi connectivity index (χ3v) is 8.01. The summed E-state index contributed by atoms with van der Waals surface area (Å²) in [6.45, 7) is 9.71. The van der Waals surface area contributed by atoms with Crippen molar-refractivity contribution in [3.05, 3.63) is 99.4 Å². The number of fused-ring (bicyclic) bond motifs is 4. The number of hydrogen-bond acceptors (Lipinski definition) is 4. The summed E-state index contributed by atoms with van der Waals surface area (Å²) in [5.74, 6) is 0.392. The lowest BCUT2D eigenvalue weighted by Gasteiger charge is -2.30. The first-order valence-electron chi connectivity index (χ1n) is 12.8. The number of Topliss-reactive ketones (excluding diaryl/α,β-unsaturated/α-hetero) is 1. The van der Waals surface area contributed by atoms with E-state index in [0.29, 0.717) is 27.7 Å². The van der Waals surface area contributed by atoms with Crippen LogP contribution in [0.1, 0.15) is 45.2 Å². The van der Waals surface area contributed by atoms with Crippen LogP contribution in [-0.2, 0) is 10.2 Å². The second kappa shape index (κ2) is 8.46. The number of carbonyl (C=O) groups is 1. The topological polar surface area (TPSA) is 52.9 Å². The standard InChI is InChI=1S/C32H29ClN2O2/c1-18(2)13-14-35-26-12-9-19-7-5-6-8-21(19)29(26)32(3,4)27(35)16-23-30(36)28(31(23)37)24-17-34-25-11-10-20(33)15-22(24)25/h5-12,15-18,36H,13-14H2,1-4H3. The zero-order valence-electron chi connectivity index (χ0n) is 21.5. The van der Waals surface area contributed by atoms with Gasteiger partial charge in [-0.1, -0.05) is 69.6 Å². The van der Waals surface area contributed by atoms with E-state index >= 15 is 0 Å². The van der Waals surface area contributed by atoms with Gasteiger partial charge in [-0.05, 0) is 59.0 Å². The molecule has 0 fully saturated rings. The maximum absolute atomic E-state index is 13.5. The average Bonchev–Trinajstić information content (AvgIpc) is 3.36. The molecule has 6 rings (SSSR count). The smallest absolute Gasteiger partial charge is 0.201 e. The number of carbonyl (C=O) groups excluding carboxylic acids is 1. The van der Waals surface area contributed by atoms with Crippen molar-refractivity contribution in [2.75, 3.05) is 11.4 Å². The van der Waals surface area contributed by atoms with Gasteiger partial charge in [0.15, 0.2) is 0 Å². The highest BCUT2D eigenvalue weighted by Gasteiger charge is 2.44. The Kier molecular flexibility index (Phi) is 5.43. The molecule has 5 heteroatoms. The lowest BCUT2D eigenvalue weighted by Crippen LogP contribution is -2.30. The molecule has 0 amide bonds. The van der Waals surface area contributed by atoms with Crippen molar-refractivity contribution >= 4 is 51.3 Å². The van der Waals surface area contributed by atoms with E-state index in [2.05, 4.69) is 74.0 Å². The van der Waals surface area contributed by atoms with E-state index in [-0.39, 0.29) is 17.0 Å². The molecular formula is C32H29ClN2O2. The number of aliphatic hydroxyl groups is 1. The summed E-state index contributed by atoms with van der Waals surface area (Å²) < 4.78 is 0. The zero-order valence-corrected chi connectivity index (χ0v) is 22.2. The van der Waals surface area contributed by atoms with Crippen LogP contribution in [0.3, 0.4) is 0 Å². The Morgan fingerprint density at radius 3 is 2.65 bits per heavy atom. The van der Waals surface area contributed by atoms with E-state index in [9.17, 15) is 9.90 Å². The molecule has 2 heterocycles. The number of halogens is 1. The fourth-order valence-electron chi connectivity index (χ4n) is 5.81. The predicted octanol–water partition coefficient (Wildman–Crippen LogP) is 8.09. The number of ketones is 1. The third kappa shape index (κ3) is 3.58. The summed E-state index contributed by atoms with van der Waals surface area (Å²) >= 11 is 6.20. The monoisotopic (exact) mass is 508 g/mol. The molecule has 0 bridgehead atoms. The Labute approximate surface area is 222 Å². The van der Waals surface area contributed by atoms with Crippen molar-refractivity contribution in [3.8, 4) is 0 Å². The van der Waals surface area contributed by atoms with E-state index in [0.717, 1.165) is 29.9 Å². The molecule has 0 aromatic heterocycles. The van der Waals surface area contributed by atoms with Gasteiger partial charge in [-0.2, -0.15) is 0 Å². The number of aliphatic imine (C=N–C) groups is 1. The first-order valence-corrected chi connectivity index (χ1v) is 13.1. The Hall–Kier alpha value is -3.63. The summed E-state index contributed by atoms with van der Waals surface area (Å²) in [4.78, 5) is 20.2. The van der Waals surface area contributed by atoms with Crippen LogP contribution in [0.25, 0.3) is 16.3 Å². The van der Waals surface area contributed by atoms with Gasteiger partial charge in [-0.25, -0.2) is 0 Å². The van der Waals surface area contributed by atoms with Gasteiger partial charge in [0.2, 0.25) is 5.78 Å². The van der Waals surface area contributed by atoms with Crippen molar-refractivity contribution < 1.29 is 9.90 Å². The number of hydrogen-bond donors (Lipinski definition) is 1. The Morgan fingerprint density at radius 2 is 1.89 bits per heavy atom. The van der Waals surface area contributed by atoms with Gasteiger partial charge in [0, 0.05) is 45.7 Å². The van der Waals surface area contributed by atoms with Crippen LogP contribution >= 0.6 is 11.6 Å². The highest BCUT2D eigenvalue weighted by atomic mass is 35.5. The van der Waals surface area contributed by atoms with Gasteiger partial charge in [0.05, 0.1) is 16.8 Å². The molecule has 3 aromatic rings. The average molecular weight is 509 g/mol. The number of nitrogens with zero attached hydrogens (tertiary/aromatic N) is 2. The lowest BCUT2D eigenvalue weighted by molar-refractivity contribution is -0.113. The largest absolute Gasteiger partial charge is 0.506 e. The van der Waals surface area contributed by atoms with E-state index in [1.807, 2.05) is 12.1 Å². The molecule has 0 unspecified atom stereocenters. The van der Waals surface area contributed by atoms with Crippen LogP contribution in [0.4, 0.5) is 11.4 Å². The van der Waals surface area contributed by atoms with Crippen LogP contribution in [0.15, 0.2) is 88.3 Å². The molecular weight excluding hydrogens is 480 g/mol. The number of benzene rings is 3. The van der Waals surface area contributed by atoms with Gasteiger partial charge < -0.3 is 10.0 Å². The number of allylic oxidation sites excluding steroid dienone is 5. The van der Waals surface area contributed by atoms with E-state index in [1.54, 1.807) is 18.3 Å². The van der Waals surface area contributed by atoms with E-state index in [1.165, 1.54) is 22.0 Å². The fraction of sp³-hybridized carbons (Fsp3) is 0.250. The molecule has 37 heavy (non-hydrogen) atoms. The number of rotatable bonds is 4. The summed E-state index contributed by atoms with van der Waals surface area (Å²) in [7, 11) is 0. The van der Waals surface area contributed by atoms with Crippen molar-refractivity contribution in [2.45, 2.75) is 39.5 Å². The highest BCUT2D eigenvalue weighted by Crippen LogP contribution is 2.52. The van der Waals surface area contributed by atoms with Gasteiger partial charge >= 0.3 is 0 Å². The molecule has 4 nitrogen and oxygen atoms in total. The fourth-order valence-corrected chi connectivity index (χ4v) is 5.98. The molecule has 0 atom stereocenters.